The monoisotopic (exact) mass is 336 g/mol. The molecule has 3 aromatic carbocycles. The van der Waals surface area contributed by atoms with Gasteiger partial charge >= 0.3 is 28.7 Å². The van der Waals surface area contributed by atoms with Crippen LogP contribution in [-0.4, -0.2) is 10.2 Å². The normalized spacial score (nSPS) is 7.81. The molecule has 2 nitrogen and oxygen atoms in total. The van der Waals surface area contributed by atoms with E-state index in [0.717, 1.165) is 0 Å². The van der Waals surface area contributed by atoms with Crippen LogP contribution >= 0.6 is 9.30 Å². The van der Waals surface area contributed by atoms with Crippen molar-refractivity contribution >= 4 is 9.30 Å². The summed E-state index contributed by atoms with van der Waals surface area (Å²) in [4.78, 5) is 0. The fourth-order valence-electron chi connectivity index (χ4n) is 1.18. The summed E-state index contributed by atoms with van der Waals surface area (Å²) in [6.07, 6.45) is 0. The van der Waals surface area contributed by atoms with Crippen molar-refractivity contribution in [1.29, 1.82) is 0 Å². The Kier molecular flexibility index (Phi) is 13.7. The topological polar surface area (TPSA) is 40.5 Å². The molecule has 3 rings (SSSR count). The Bertz CT molecular complexity index is 458. The minimum Gasteiger partial charge on any atom is -0.214 e. The van der Waals surface area contributed by atoms with E-state index in [9.17, 15) is 0 Å². The molecule has 0 spiro atoms. The van der Waals surface area contributed by atoms with Gasteiger partial charge in [0.25, 0.3) is 0 Å². The fraction of sp³-hybridized carbons (Fsp3) is 0. The molecule has 0 fully saturated rings. The number of aromatic hydroxyl groups is 2. The summed E-state index contributed by atoms with van der Waals surface area (Å²) in [6, 6.07) is 27.4. The standard InChI is InChI=1S/2C6H6O.C5H5.ClH.Ti/c2*7-6-4-2-1-3-5-6;1-2-4-5-3-1;;/h2*1-5,7H;1-5H;1H;/q;;-1;;+2/p-1. The summed E-state index contributed by atoms with van der Waals surface area (Å²) in [5.74, 6) is 0.644. The first-order valence-electron chi connectivity index (χ1n) is 6.12. The summed E-state index contributed by atoms with van der Waals surface area (Å²) in [6.45, 7) is 0. The van der Waals surface area contributed by atoms with E-state index in [1.54, 1.807) is 48.5 Å². The molecule has 0 radical (unpaired) electrons. The summed E-state index contributed by atoms with van der Waals surface area (Å²) < 4.78 is 0. The van der Waals surface area contributed by atoms with E-state index in [0.29, 0.717) is 11.5 Å². The fourth-order valence-corrected chi connectivity index (χ4v) is 1.18. The Labute approximate surface area is 141 Å². The minimum absolute atomic E-state index is 0.322. The molecule has 2 N–H and O–H groups in total. The Balaban J connectivity index is 0.000000273. The average Bonchev–Trinajstić information content (AvgIpc) is 3.11. The van der Waals surface area contributed by atoms with Crippen molar-refractivity contribution in [3.63, 3.8) is 0 Å². The third-order valence-corrected chi connectivity index (χ3v) is 2.07. The van der Waals surface area contributed by atoms with Crippen molar-refractivity contribution in [3.05, 3.63) is 91.0 Å². The second-order valence-electron chi connectivity index (χ2n) is 3.63. The van der Waals surface area contributed by atoms with Gasteiger partial charge in [0, 0.05) is 0 Å². The van der Waals surface area contributed by atoms with Gasteiger partial charge in [-0.25, -0.2) is 12.1 Å². The van der Waals surface area contributed by atoms with Gasteiger partial charge in [-0.3, -0.25) is 0 Å². The third kappa shape index (κ3) is 13.1. The third-order valence-electron chi connectivity index (χ3n) is 2.07. The largest absolute Gasteiger partial charge is 0.214 e. The van der Waals surface area contributed by atoms with Gasteiger partial charge in [-0.05, 0) is 24.3 Å². The molecule has 4 heteroatoms. The van der Waals surface area contributed by atoms with Crippen LogP contribution < -0.4 is 0 Å². The summed E-state index contributed by atoms with van der Waals surface area (Å²) in [7, 11) is 4.64. The zero-order chi connectivity index (χ0) is 15.8. The second kappa shape index (κ2) is 14.8. The van der Waals surface area contributed by atoms with Gasteiger partial charge in [0.05, 0.1) is 0 Å². The summed E-state index contributed by atoms with van der Waals surface area (Å²) >= 11 is 1.47. The molecule has 0 amide bonds. The van der Waals surface area contributed by atoms with Crippen molar-refractivity contribution in [2.75, 3.05) is 0 Å². The van der Waals surface area contributed by atoms with E-state index in [-0.39, 0.29) is 0 Å². The Morgan fingerprint density at radius 2 is 0.952 bits per heavy atom. The Morgan fingerprint density at radius 3 is 1.10 bits per heavy atom. The summed E-state index contributed by atoms with van der Waals surface area (Å²) in [5, 5.41) is 17.3. The van der Waals surface area contributed by atoms with Crippen molar-refractivity contribution in [3.8, 4) is 11.5 Å². The van der Waals surface area contributed by atoms with Crippen LogP contribution in [0, 0.1) is 0 Å². The van der Waals surface area contributed by atoms with Gasteiger partial charge in [-0.15, -0.1) is 0 Å². The van der Waals surface area contributed by atoms with Crippen LogP contribution in [0.2, 0.25) is 0 Å². The molecule has 3 aromatic rings. The van der Waals surface area contributed by atoms with Gasteiger partial charge in [0.2, 0.25) is 0 Å². The van der Waals surface area contributed by atoms with E-state index in [4.69, 9.17) is 10.2 Å². The molecule has 21 heavy (non-hydrogen) atoms. The molecule has 0 aliphatic rings. The van der Waals surface area contributed by atoms with Crippen LogP contribution in [0.1, 0.15) is 0 Å². The second-order valence-corrected chi connectivity index (χ2v) is 3.63. The van der Waals surface area contributed by atoms with Crippen LogP contribution in [0.25, 0.3) is 0 Å². The van der Waals surface area contributed by atoms with Crippen molar-refractivity contribution in [1.82, 2.24) is 0 Å². The van der Waals surface area contributed by atoms with E-state index in [1.807, 2.05) is 42.5 Å². The van der Waals surface area contributed by atoms with E-state index in [1.165, 1.54) is 19.4 Å². The molecular formula is C17H17ClO2Ti. The molecule has 108 valence electrons. The maximum Gasteiger partial charge on any atom is -0.172 e. The maximum absolute atomic E-state index is 8.63. The van der Waals surface area contributed by atoms with Gasteiger partial charge in [0.1, 0.15) is 11.5 Å². The van der Waals surface area contributed by atoms with Crippen LogP contribution in [0.5, 0.6) is 11.5 Å². The van der Waals surface area contributed by atoms with Crippen molar-refractivity contribution in [2.24, 2.45) is 0 Å². The zero-order valence-electron chi connectivity index (χ0n) is 11.4. The number of halogens is 1. The van der Waals surface area contributed by atoms with Crippen molar-refractivity contribution < 1.29 is 29.6 Å². The predicted molar refractivity (Wildman–Crippen MR) is 84.1 cm³/mol. The molecular weight excluding hydrogens is 320 g/mol. The van der Waals surface area contributed by atoms with Crippen LogP contribution in [-0.2, 0) is 19.4 Å². The Hall–Kier alpha value is -1.61. The average molecular weight is 337 g/mol. The first-order chi connectivity index (χ1) is 10.3. The van der Waals surface area contributed by atoms with Crippen LogP contribution in [0.3, 0.4) is 0 Å². The van der Waals surface area contributed by atoms with Crippen LogP contribution in [0.4, 0.5) is 0 Å². The van der Waals surface area contributed by atoms with E-state index in [2.05, 4.69) is 9.30 Å². The molecule has 0 aliphatic heterocycles. The predicted octanol–water partition coefficient (Wildman–Crippen LogP) is 4.88. The quantitative estimate of drug-likeness (QED) is 0.454. The molecule has 0 saturated carbocycles. The molecule has 0 heterocycles. The molecule has 0 saturated heterocycles. The van der Waals surface area contributed by atoms with Crippen molar-refractivity contribution in [2.45, 2.75) is 0 Å². The van der Waals surface area contributed by atoms with Crippen LogP contribution in [0.15, 0.2) is 91.0 Å². The number of benzene rings is 2. The number of hydrogen-bond acceptors (Lipinski definition) is 2. The number of para-hydroxylation sites is 2. The number of phenolic OH excluding ortho intramolecular Hbond substituents is 2. The molecule has 0 bridgehead atoms. The first kappa shape index (κ1) is 19.4. The minimum atomic E-state index is 0.322. The number of rotatable bonds is 0. The zero-order valence-corrected chi connectivity index (χ0v) is 13.8. The van der Waals surface area contributed by atoms with E-state index >= 15 is 0 Å². The number of hydrogen-bond donors (Lipinski definition) is 2. The molecule has 0 unspecified atom stereocenters. The van der Waals surface area contributed by atoms with Gasteiger partial charge in [-0.2, -0.15) is 18.2 Å². The number of phenols is 2. The smallest absolute Gasteiger partial charge is 0.172 e. The molecule has 0 atom stereocenters. The summed E-state index contributed by atoms with van der Waals surface area (Å²) in [5.41, 5.74) is 0. The Morgan fingerprint density at radius 1 is 0.619 bits per heavy atom. The maximum atomic E-state index is 8.63. The molecule has 0 aliphatic carbocycles. The van der Waals surface area contributed by atoms with Gasteiger partial charge in [0.15, 0.2) is 0 Å². The van der Waals surface area contributed by atoms with E-state index < -0.39 is 0 Å². The van der Waals surface area contributed by atoms with Gasteiger partial charge < -0.3 is 10.2 Å². The first-order valence-corrected chi connectivity index (χ1v) is 8.27. The van der Waals surface area contributed by atoms with Gasteiger partial charge in [-0.1, -0.05) is 36.4 Å². The SMILES string of the molecule is Oc1ccccc1.Oc1ccccc1.[Cl][Ti+].c1cc[cH-]c1. The molecule has 0 aromatic heterocycles.